The van der Waals surface area contributed by atoms with Crippen LogP contribution in [0.2, 0.25) is 0 Å². The zero-order valence-corrected chi connectivity index (χ0v) is 14.5. The van der Waals surface area contributed by atoms with Gasteiger partial charge in [0.2, 0.25) is 5.95 Å². The van der Waals surface area contributed by atoms with E-state index in [9.17, 15) is 0 Å². The minimum absolute atomic E-state index is 0.521. The summed E-state index contributed by atoms with van der Waals surface area (Å²) in [5, 5.41) is 4.20. The average molecular weight is 308 g/mol. The van der Waals surface area contributed by atoms with Crippen LogP contribution in [-0.4, -0.2) is 16.2 Å². The lowest BCUT2D eigenvalue weighted by Crippen LogP contribution is -1.99. The maximum atomic E-state index is 4.29. The normalized spacial score (nSPS) is 12.2. The van der Waals surface area contributed by atoms with E-state index in [1.165, 1.54) is 11.1 Å². The number of nitrogens with zero attached hydrogens (tertiary/aromatic N) is 3. The fourth-order valence-corrected chi connectivity index (χ4v) is 2.25. The molecule has 2 aromatic rings. The predicted molar refractivity (Wildman–Crippen MR) is 97.8 cm³/mol. The zero-order chi connectivity index (χ0) is 16.8. The molecule has 0 amide bonds. The quantitative estimate of drug-likeness (QED) is 0.642. The lowest BCUT2D eigenvalue weighted by atomic mass is 10.0. The van der Waals surface area contributed by atoms with Crippen molar-refractivity contribution < 1.29 is 0 Å². The van der Waals surface area contributed by atoms with Crippen molar-refractivity contribution in [2.75, 3.05) is 5.43 Å². The third kappa shape index (κ3) is 5.33. The summed E-state index contributed by atoms with van der Waals surface area (Å²) in [4.78, 5) is 8.57. The van der Waals surface area contributed by atoms with E-state index in [2.05, 4.69) is 64.7 Å². The standard InChI is InChI=1S/C19H24N4/c1-13(2)18-8-6-17(7-9-18)10-14(3)12-20-23-19-21-15(4)11-16(5)22-19/h6-13H,1-5H3,(H,21,22,23)/b14-10+,20-12?. The van der Waals surface area contributed by atoms with Crippen molar-refractivity contribution in [1.29, 1.82) is 0 Å². The number of hydrogen-bond acceptors (Lipinski definition) is 4. The highest BCUT2D eigenvalue weighted by Gasteiger charge is 1.98. The van der Waals surface area contributed by atoms with Gasteiger partial charge in [-0.1, -0.05) is 44.2 Å². The lowest BCUT2D eigenvalue weighted by Gasteiger charge is -2.05. The molecule has 0 spiro atoms. The Morgan fingerprint density at radius 1 is 1.09 bits per heavy atom. The first kappa shape index (κ1) is 16.9. The number of anilines is 1. The fraction of sp³-hybridized carbons (Fsp3) is 0.316. The molecule has 0 radical (unpaired) electrons. The van der Waals surface area contributed by atoms with Gasteiger partial charge in [0.15, 0.2) is 0 Å². The second kappa shape index (κ2) is 7.68. The zero-order valence-electron chi connectivity index (χ0n) is 14.5. The molecular formula is C19H24N4. The summed E-state index contributed by atoms with van der Waals surface area (Å²) in [5.41, 5.74) is 8.29. The molecule has 1 heterocycles. The van der Waals surface area contributed by atoms with Crippen LogP contribution in [0, 0.1) is 13.8 Å². The molecule has 0 bridgehead atoms. The van der Waals surface area contributed by atoms with Gasteiger partial charge in [-0.2, -0.15) is 5.10 Å². The van der Waals surface area contributed by atoms with Crippen molar-refractivity contribution in [3.8, 4) is 0 Å². The Morgan fingerprint density at radius 3 is 2.26 bits per heavy atom. The summed E-state index contributed by atoms with van der Waals surface area (Å²) in [6.45, 7) is 10.3. The Labute approximate surface area is 138 Å². The van der Waals surface area contributed by atoms with Crippen LogP contribution in [0.3, 0.4) is 0 Å². The Bertz CT molecular complexity index is 692. The topological polar surface area (TPSA) is 50.2 Å². The van der Waals surface area contributed by atoms with Gasteiger partial charge in [0.1, 0.15) is 0 Å². The van der Waals surface area contributed by atoms with E-state index in [1.807, 2.05) is 26.8 Å². The van der Waals surface area contributed by atoms with E-state index in [0.29, 0.717) is 11.9 Å². The third-order valence-corrected chi connectivity index (χ3v) is 3.41. The number of hydrazone groups is 1. The molecule has 1 aromatic carbocycles. The van der Waals surface area contributed by atoms with Crippen LogP contribution < -0.4 is 5.43 Å². The van der Waals surface area contributed by atoms with Gasteiger partial charge < -0.3 is 0 Å². The molecule has 0 atom stereocenters. The second-order valence-electron chi connectivity index (χ2n) is 6.05. The average Bonchev–Trinajstić information content (AvgIpc) is 2.46. The van der Waals surface area contributed by atoms with Gasteiger partial charge in [-0.25, -0.2) is 15.4 Å². The predicted octanol–water partition coefficient (Wildman–Crippen LogP) is 4.72. The molecule has 23 heavy (non-hydrogen) atoms. The van der Waals surface area contributed by atoms with E-state index in [1.54, 1.807) is 6.21 Å². The minimum Gasteiger partial charge on any atom is -0.245 e. The highest BCUT2D eigenvalue weighted by molar-refractivity contribution is 5.85. The van der Waals surface area contributed by atoms with Crippen molar-refractivity contribution >= 4 is 18.2 Å². The molecule has 4 heteroatoms. The monoisotopic (exact) mass is 308 g/mol. The molecule has 2 rings (SSSR count). The Hall–Kier alpha value is -2.49. The minimum atomic E-state index is 0.521. The van der Waals surface area contributed by atoms with Crippen molar-refractivity contribution in [3.05, 3.63) is 58.4 Å². The molecular weight excluding hydrogens is 284 g/mol. The van der Waals surface area contributed by atoms with Crippen LogP contribution in [0.4, 0.5) is 5.95 Å². The summed E-state index contributed by atoms with van der Waals surface area (Å²) in [6, 6.07) is 10.5. The summed E-state index contributed by atoms with van der Waals surface area (Å²) < 4.78 is 0. The van der Waals surface area contributed by atoms with E-state index in [4.69, 9.17) is 0 Å². The van der Waals surface area contributed by atoms with Crippen molar-refractivity contribution in [2.24, 2.45) is 5.10 Å². The molecule has 0 saturated heterocycles. The molecule has 0 fully saturated rings. The van der Waals surface area contributed by atoms with Crippen LogP contribution in [0.15, 0.2) is 41.0 Å². The van der Waals surface area contributed by atoms with Gasteiger partial charge >= 0.3 is 0 Å². The first-order valence-electron chi connectivity index (χ1n) is 7.83. The summed E-state index contributed by atoms with van der Waals surface area (Å²) >= 11 is 0. The second-order valence-corrected chi connectivity index (χ2v) is 6.05. The van der Waals surface area contributed by atoms with Crippen LogP contribution in [-0.2, 0) is 0 Å². The number of aromatic nitrogens is 2. The Morgan fingerprint density at radius 2 is 1.70 bits per heavy atom. The Balaban J connectivity index is 2.01. The molecule has 0 aliphatic rings. The number of benzene rings is 1. The van der Waals surface area contributed by atoms with Gasteiger partial charge in [-0.15, -0.1) is 0 Å². The largest absolute Gasteiger partial charge is 0.245 e. The maximum Gasteiger partial charge on any atom is 0.243 e. The summed E-state index contributed by atoms with van der Waals surface area (Å²) in [7, 11) is 0. The van der Waals surface area contributed by atoms with Gasteiger partial charge in [0.25, 0.3) is 0 Å². The number of aryl methyl sites for hydroxylation is 2. The number of hydrogen-bond donors (Lipinski definition) is 1. The van der Waals surface area contributed by atoms with E-state index >= 15 is 0 Å². The lowest BCUT2D eigenvalue weighted by molar-refractivity contribution is 0.866. The molecule has 120 valence electrons. The van der Waals surface area contributed by atoms with Crippen LogP contribution in [0.25, 0.3) is 6.08 Å². The van der Waals surface area contributed by atoms with Crippen LogP contribution >= 0.6 is 0 Å². The van der Waals surface area contributed by atoms with Crippen LogP contribution in [0.1, 0.15) is 49.2 Å². The number of nitrogens with one attached hydrogen (secondary N) is 1. The highest BCUT2D eigenvalue weighted by atomic mass is 15.3. The Kier molecular flexibility index (Phi) is 5.63. The molecule has 0 aliphatic heterocycles. The van der Waals surface area contributed by atoms with Gasteiger partial charge in [-0.3, -0.25) is 0 Å². The number of rotatable bonds is 5. The molecule has 0 unspecified atom stereocenters. The molecule has 1 N–H and O–H groups in total. The van der Waals surface area contributed by atoms with E-state index in [0.717, 1.165) is 17.0 Å². The SMILES string of the molecule is C/C(C=NNc1nc(C)cc(C)n1)=C\c1ccc(C(C)C)cc1. The maximum absolute atomic E-state index is 4.29. The van der Waals surface area contributed by atoms with Crippen molar-refractivity contribution in [1.82, 2.24) is 9.97 Å². The van der Waals surface area contributed by atoms with Crippen LogP contribution in [0.5, 0.6) is 0 Å². The van der Waals surface area contributed by atoms with Gasteiger partial charge in [0.05, 0.1) is 6.21 Å². The first-order valence-corrected chi connectivity index (χ1v) is 7.83. The summed E-state index contributed by atoms with van der Waals surface area (Å²) in [6.07, 6.45) is 3.87. The fourth-order valence-electron chi connectivity index (χ4n) is 2.25. The highest BCUT2D eigenvalue weighted by Crippen LogP contribution is 2.16. The van der Waals surface area contributed by atoms with E-state index in [-0.39, 0.29) is 0 Å². The van der Waals surface area contributed by atoms with Crippen molar-refractivity contribution in [2.45, 2.75) is 40.5 Å². The van der Waals surface area contributed by atoms with Crippen molar-refractivity contribution in [3.63, 3.8) is 0 Å². The third-order valence-electron chi connectivity index (χ3n) is 3.41. The molecule has 4 nitrogen and oxygen atoms in total. The molecule has 1 aromatic heterocycles. The van der Waals surface area contributed by atoms with E-state index < -0.39 is 0 Å². The van der Waals surface area contributed by atoms with Gasteiger partial charge in [0, 0.05) is 11.4 Å². The first-order chi connectivity index (χ1) is 10.9. The molecule has 0 aliphatic carbocycles. The van der Waals surface area contributed by atoms with Gasteiger partial charge in [-0.05, 0) is 49.5 Å². The number of allylic oxidation sites excluding steroid dienone is 1. The summed E-state index contributed by atoms with van der Waals surface area (Å²) in [5.74, 6) is 1.07. The smallest absolute Gasteiger partial charge is 0.243 e. The molecule has 0 saturated carbocycles.